The molecule has 0 saturated heterocycles. The molecule has 0 N–H and O–H groups in total. The molecule has 262 valence electrons. The minimum atomic E-state index is 0.584. The van der Waals surface area contributed by atoms with E-state index in [9.17, 15) is 0 Å². The summed E-state index contributed by atoms with van der Waals surface area (Å²) in [6, 6.07) is 66.0. The van der Waals surface area contributed by atoms with Gasteiger partial charge in [0, 0.05) is 27.5 Å². The average Bonchev–Trinajstić information content (AvgIpc) is 3.85. The Morgan fingerprint density at radius 2 is 0.857 bits per heavy atom. The van der Waals surface area contributed by atoms with Crippen LogP contribution in [-0.4, -0.2) is 15.0 Å². The number of furan rings is 1. The highest BCUT2D eigenvalue weighted by molar-refractivity contribution is 6.05. The second-order valence-corrected chi connectivity index (χ2v) is 14.4. The predicted octanol–water partition coefficient (Wildman–Crippen LogP) is 13.3. The van der Waals surface area contributed by atoms with Gasteiger partial charge in [0.1, 0.15) is 11.2 Å². The summed E-state index contributed by atoms with van der Waals surface area (Å²) in [5.74, 6) is 1.80. The molecule has 10 aromatic rings. The Labute approximate surface area is 324 Å². The lowest BCUT2D eigenvalue weighted by atomic mass is 9.91. The van der Waals surface area contributed by atoms with Crippen LogP contribution in [0.1, 0.15) is 11.1 Å². The molecule has 0 fully saturated rings. The largest absolute Gasteiger partial charge is 0.456 e. The Kier molecular flexibility index (Phi) is 7.52. The topological polar surface area (TPSA) is 51.8 Å². The number of nitrogens with zero attached hydrogens (tertiary/aromatic N) is 3. The zero-order chi connectivity index (χ0) is 37.0. The number of benzene rings is 8. The first-order chi connectivity index (χ1) is 27.7. The molecule has 4 heteroatoms. The number of hydrogen-bond donors (Lipinski definition) is 0. The summed E-state index contributed by atoms with van der Waals surface area (Å²) in [4.78, 5) is 15.7. The molecular weight excluding hydrogens is 683 g/mol. The molecule has 0 bridgehead atoms. The maximum Gasteiger partial charge on any atom is 0.164 e. The molecule has 0 aliphatic heterocycles. The summed E-state index contributed by atoms with van der Waals surface area (Å²) in [6.45, 7) is 0. The predicted molar refractivity (Wildman–Crippen MR) is 228 cm³/mol. The Bertz CT molecular complexity index is 3110. The van der Waals surface area contributed by atoms with Crippen molar-refractivity contribution in [1.82, 2.24) is 15.0 Å². The van der Waals surface area contributed by atoms with Crippen molar-refractivity contribution in [2.24, 2.45) is 0 Å². The Hall–Kier alpha value is -7.43. The van der Waals surface area contributed by atoms with Gasteiger partial charge in [0.05, 0.1) is 0 Å². The van der Waals surface area contributed by atoms with E-state index in [-0.39, 0.29) is 0 Å². The van der Waals surface area contributed by atoms with Crippen molar-refractivity contribution in [3.05, 3.63) is 199 Å². The van der Waals surface area contributed by atoms with Gasteiger partial charge in [-0.15, -0.1) is 0 Å². The summed E-state index contributed by atoms with van der Waals surface area (Å²) in [6.07, 6.45) is 0.897. The van der Waals surface area contributed by atoms with Gasteiger partial charge in [0.15, 0.2) is 17.5 Å². The van der Waals surface area contributed by atoms with E-state index in [2.05, 4.69) is 164 Å². The van der Waals surface area contributed by atoms with Crippen LogP contribution in [0.5, 0.6) is 0 Å². The number of rotatable bonds is 6. The van der Waals surface area contributed by atoms with Crippen molar-refractivity contribution in [3.8, 4) is 78.7 Å². The number of aromatic nitrogens is 3. The molecule has 0 spiro atoms. The lowest BCUT2D eigenvalue weighted by Crippen LogP contribution is -2.01. The molecule has 4 nitrogen and oxygen atoms in total. The van der Waals surface area contributed by atoms with Crippen LogP contribution in [0.15, 0.2) is 192 Å². The van der Waals surface area contributed by atoms with Crippen LogP contribution in [0, 0.1) is 0 Å². The minimum Gasteiger partial charge on any atom is -0.456 e. The van der Waals surface area contributed by atoms with Gasteiger partial charge in [-0.1, -0.05) is 146 Å². The van der Waals surface area contributed by atoms with E-state index >= 15 is 0 Å². The number of para-hydroxylation sites is 1. The third-order valence-corrected chi connectivity index (χ3v) is 11.0. The molecule has 0 atom stereocenters. The van der Waals surface area contributed by atoms with E-state index in [4.69, 9.17) is 19.4 Å². The van der Waals surface area contributed by atoms with Gasteiger partial charge in [-0.2, -0.15) is 0 Å². The van der Waals surface area contributed by atoms with Crippen molar-refractivity contribution >= 4 is 21.9 Å². The normalized spacial score (nSPS) is 11.9. The molecule has 1 aliphatic rings. The first kappa shape index (κ1) is 32.0. The molecular formula is C52H33N3O. The zero-order valence-electron chi connectivity index (χ0n) is 30.4. The van der Waals surface area contributed by atoms with E-state index < -0.39 is 0 Å². The lowest BCUT2D eigenvalue weighted by Gasteiger charge is -2.14. The number of hydrogen-bond acceptors (Lipinski definition) is 4. The minimum absolute atomic E-state index is 0.584. The molecule has 0 unspecified atom stereocenters. The zero-order valence-corrected chi connectivity index (χ0v) is 30.4. The van der Waals surface area contributed by atoms with Crippen LogP contribution < -0.4 is 0 Å². The van der Waals surface area contributed by atoms with E-state index in [0.717, 1.165) is 72.9 Å². The van der Waals surface area contributed by atoms with E-state index in [0.29, 0.717) is 17.5 Å². The summed E-state index contributed by atoms with van der Waals surface area (Å²) in [5.41, 5.74) is 16.5. The number of fused-ring (bicyclic) bond motifs is 6. The molecule has 2 aromatic heterocycles. The van der Waals surface area contributed by atoms with E-state index in [1.54, 1.807) is 0 Å². The van der Waals surface area contributed by atoms with Gasteiger partial charge >= 0.3 is 0 Å². The summed E-state index contributed by atoms with van der Waals surface area (Å²) in [7, 11) is 0. The molecule has 0 saturated carbocycles. The molecule has 11 rings (SSSR count). The lowest BCUT2D eigenvalue weighted by molar-refractivity contribution is 0.669. The second kappa shape index (κ2) is 13.2. The first-order valence-corrected chi connectivity index (χ1v) is 19.0. The third-order valence-electron chi connectivity index (χ3n) is 11.0. The van der Waals surface area contributed by atoms with Crippen LogP contribution in [0.2, 0.25) is 0 Å². The maximum absolute atomic E-state index is 6.33. The standard InChI is InChI=1S/C52H33N3O/c1-3-13-33(14-4-1)35-18-11-19-37(27-35)50-53-51(38-25-26-46-45-21-9-10-24-48(45)56-49(46)32-38)55-52(54-50)41-29-39(34-15-5-2-6-16-34)28-40(30-41)43-22-12-23-44-42-20-8-7-17-36(42)31-47(43)44/h1-30,32H,31H2. The second-order valence-electron chi connectivity index (χ2n) is 14.4. The summed E-state index contributed by atoms with van der Waals surface area (Å²) < 4.78 is 6.33. The Morgan fingerprint density at radius 1 is 0.321 bits per heavy atom. The fraction of sp³-hybridized carbons (Fsp3) is 0.0192. The van der Waals surface area contributed by atoms with Gasteiger partial charge in [0.2, 0.25) is 0 Å². The van der Waals surface area contributed by atoms with Crippen molar-refractivity contribution < 1.29 is 4.42 Å². The fourth-order valence-corrected chi connectivity index (χ4v) is 8.23. The van der Waals surface area contributed by atoms with Crippen LogP contribution in [0.4, 0.5) is 0 Å². The van der Waals surface area contributed by atoms with Gasteiger partial charge in [0.25, 0.3) is 0 Å². The quantitative estimate of drug-likeness (QED) is 0.172. The summed E-state index contributed by atoms with van der Waals surface area (Å²) in [5, 5.41) is 2.15. The fourth-order valence-electron chi connectivity index (χ4n) is 8.23. The SMILES string of the molecule is c1ccc(-c2cccc(-c3nc(-c4cc(-c5ccccc5)cc(-c5cccc6c5Cc5ccccc5-6)c4)nc(-c4ccc5c(c4)oc4ccccc45)n3)c2)cc1. The molecule has 0 radical (unpaired) electrons. The van der Waals surface area contributed by atoms with Gasteiger partial charge in [-0.3, -0.25) is 0 Å². The maximum atomic E-state index is 6.33. The highest BCUT2D eigenvalue weighted by Crippen LogP contribution is 2.43. The van der Waals surface area contributed by atoms with Gasteiger partial charge < -0.3 is 4.42 Å². The molecule has 8 aromatic carbocycles. The molecule has 2 heterocycles. The highest BCUT2D eigenvalue weighted by Gasteiger charge is 2.23. The third kappa shape index (κ3) is 5.59. The van der Waals surface area contributed by atoms with Crippen molar-refractivity contribution in [2.45, 2.75) is 6.42 Å². The van der Waals surface area contributed by atoms with Crippen LogP contribution in [-0.2, 0) is 6.42 Å². The van der Waals surface area contributed by atoms with E-state index in [1.165, 1.54) is 27.8 Å². The van der Waals surface area contributed by atoms with Gasteiger partial charge in [-0.05, 0) is 105 Å². The average molecular weight is 716 g/mol. The monoisotopic (exact) mass is 715 g/mol. The smallest absolute Gasteiger partial charge is 0.164 e. The molecule has 0 amide bonds. The Morgan fingerprint density at radius 3 is 1.68 bits per heavy atom. The highest BCUT2D eigenvalue weighted by atomic mass is 16.3. The van der Waals surface area contributed by atoms with Crippen molar-refractivity contribution in [1.29, 1.82) is 0 Å². The van der Waals surface area contributed by atoms with Crippen LogP contribution in [0.3, 0.4) is 0 Å². The van der Waals surface area contributed by atoms with Crippen LogP contribution in [0.25, 0.3) is 101 Å². The Balaban J connectivity index is 1.12. The first-order valence-electron chi connectivity index (χ1n) is 19.0. The molecule has 56 heavy (non-hydrogen) atoms. The van der Waals surface area contributed by atoms with Crippen molar-refractivity contribution in [2.75, 3.05) is 0 Å². The summed E-state index contributed by atoms with van der Waals surface area (Å²) >= 11 is 0. The van der Waals surface area contributed by atoms with E-state index in [1.807, 2.05) is 24.3 Å². The van der Waals surface area contributed by atoms with Crippen molar-refractivity contribution in [3.63, 3.8) is 0 Å². The van der Waals surface area contributed by atoms with Crippen LogP contribution >= 0.6 is 0 Å². The molecule has 1 aliphatic carbocycles. The van der Waals surface area contributed by atoms with Gasteiger partial charge in [-0.25, -0.2) is 15.0 Å².